The quantitative estimate of drug-likeness (QED) is 0.101. The summed E-state index contributed by atoms with van der Waals surface area (Å²) < 4.78 is 224. The van der Waals surface area contributed by atoms with Crippen molar-refractivity contribution in [3.63, 3.8) is 0 Å². The van der Waals surface area contributed by atoms with Crippen molar-refractivity contribution in [2.75, 3.05) is 0 Å². The standard InChI is InChI=1S/C77H66N4O/c1-50-23-21-24-51(2)74(50)56-35-38-70-72(44-56)79(49-80(70)75-66(54-27-15-11-16-28-54)42-57(53-25-13-10-14-26-53)43-67(75)58-40-59(76(4,5)6)45-60(41-58)77(7,8)9)61-31-22-32-62(46-61)82-63-36-37-65-64-33-19-20-34-69(64)81(71(65)47-63)73-39-52(3)68(48-78-73)55-29-17-12-18-30-55/h10-48H,1-9H3/i1D3,2D3,3D3,10D,11D,12D,13D,14D,15D,16D,17D,18D,25D,26D,27D,28D,29D,30D. The Morgan fingerprint density at radius 1 is 0.476 bits per heavy atom. The number of aryl methyl sites for hydroxylation is 3. The predicted molar refractivity (Wildman–Crippen MR) is 341 cm³/mol. The Balaban J connectivity index is 1.10. The molecule has 0 radical (unpaired) electrons. The number of nitrogens with zero attached hydrogens (tertiary/aromatic N) is 4. The Morgan fingerprint density at radius 2 is 1.09 bits per heavy atom. The molecule has 0 N–H and O–H groups in total. The fourth-order valence-electron chi connectivity index (χ4n) is 10.6. The number of ether oxygens (including phenoxy) is 1. The van der Waals surface area contributed by atoms with Crippen molar-refractivity contribution in [2.24, 2.45) is 0 Å². The van der Waals surface area contributed by atoms with Gasteiger partial charge in [0.15, 0.2) is 0 Å². The molecular formula is C77H66N4O. The van der Waals surface area contributed by atoms with Crippen molar-refractivity contribution in [1.82, 2.24) is 14.1 Å². The highest BCUT2D eigenvalue weighted by Gasteiger charge is 2.27. The van der Waals surface area contributed by atoms with Crippen LogP contribution >= 0.6 is 0 Å². The number of imidazole rings is 1. The minimum Gasteiger partial charge on any atom is -0.458 e. The highest BCUT2D eigenvalue weighted by molar-refractivity contribution is 6.09. The van der Waals surface area contributed by atoms with Crippen molar-refractivity contribution in [3.05, 3.63) is 271 Å². The maximum atomic E-state index is 9.69. The van der Waals surface area contributed by atoms with Gasteiger partial charge in [0.25, 0.3) is 6.33 Å². The van der Waals surface area contributed by atoms with Gasteiger partial charge in [-0.1, -0.05) is 205 Å². The zero-order chi connectivity index (χ0) is 77.0. The summed E-state index contributed by atoms with van der Waals surface area (Å²) in [5.74, 6) is 0.593. The Labute approximate surface area is 515 Å². The van der Waals surface area contributed by atoms with Gasteiger partial charge in [0.05, 0.1) is 54.0 Å². The maximum absolute atomic E-state index is 9.69. The van der Waals surface area contributed by atoms with Crippen LogP contribution in [0.15, 0.2) is 236 Å². The van der Waals surface area contributed by atoms with Crippen LogP contribution in [0.25, 0.3) is 106 Å². The zero-order valence-electron chi connectivity index (χ0n) is 69.6. The SMILES string of the molecule is [2H]c1c([2H])c([2H])c(-c2cc(-c3cc(C(C)(C)C)cc(C(C)(C)C)c3)c(-[n+]3[c-]n(-c4cccc(Oc5ccc6c7ccccc7n(-c7cc(C([2H])([2H])[2H])c(-c8c([2H])c([2H])c([2H])c([2H])c8[2H])cn7)c6c5)c4)c4cc(-c5c(C([2H])([2H])[2H])cccc5C([2H])([2H])[2H])ccc43)c(-c3c([2H])c([2H])c([2H])c([2H])c3[2H])c2)c([2H])c1[2H]. The lowest BCUT2D eigenvalue weighted by Crippen LogP contribution is -2.31. The van der Waals surface area contributed by atoms with Crippen molar-refractivity contribution < 1.29 is 42.2 Å². The molecule has 0 saturated heterocycles. The molecule has 5 nitrogen and oxygen atoms in total. The van der Waals surface area contributed by atoms with E-state index in [0.717, 1.165) is 16.5 Å². The van der Waals surface area contributed by atoms with Crippen LogP contribution in [0.3, 0.4) is 0 Å². The first kappa shape index (κ1) is 31.4. The zero-order valence-corrected chi connectivity index (χ0v) is 45.6. The molecular weight excluding hydrogens is 997 g/mol. The molecule has 400 valence electrons. The lowest BCUT2D eigenvalue weighted by atomic mass is 9.78. The van der Waals surface area contributed by atoms with Crippen molar-refractivity contribution in [1.29, 1.82) is 0 Å². The number of hydrogen-bond donors (Lipinski definition) is 0. The normalized spacial score (nSPS) is 16.6. The molecule has 0 atom stereocenters. The van der Waals surface area contributed by atoms with Gasteiger partial charge in [-0.15, -0.1) is 0 Å². The van der Waals surface area contributed by atoms with Crippen LogP contribution in [0.5, 0.6) is 11.5 Å². The molecule has 0 spiro atoms. The maximum Gasteiger partial charge on any atom is 0.269 e. The number of pyridine rings is 1. The first-order valence-corrected chi connectivity index (χ1v) is 26.5. The third kappa shape index (κ3) is 9.56. The summed E-state index contributed by atoms with van der Waals surface area (Å²) in [5.41, 5.74) is 1.47. The van der Waals surface area contributed by atoms with Gasteiger partial charge in [-0.3, -0.25) is 13.7 Å². The summed E-state index contributed by atoms with van der Waals surface area (Å²) in [6.45, 7) is 3.62. The van der Waals surface area contributed by atoms with E-state index in [-0.39, 0.29) is 101 Å². The van der Waals surface area contributed by atoms with E-state index in [0.29, 0.717) is 27.7 Å². The predicted octanol–water partition coefficient (Wildman–Crippen LogP) is 19.8. The van der Waals surface area contributed by atoms with Crippen molar-refractivity contribution in [2.45, 2.75) is 72.9 Å². The summed E-state index contributed by atoms with van der Waals surface area (Å²) in [4.78, 5) is 4.72. The van der Waals surface area contributed by atoms with Crippen molar-refractivity contribution >= 4 is 32.8 Å². The third-order valence-electron chi connectivity index (χ3n) is 14.7. The average Bonchev–Trinajstić information content (AvgIpc) is 1.51. The van der Waals surface area contributed by atoms with Crippen LogP contribution in [0.4, 0.5) is 0 Å². The van der Waals surface area contributed by atoms with E-state index in [9.17, 15) is 5.48 Å². The first-order chi connectivity index (χ1) is 49.5. The molecule has 0 bridgehead atoms. The van der Waals surface area contributed by atoms with Crippen molar-refractivity contribution in [3.8, 4) is 84.3 Å². The summed E-state index contributed by atoms with van der Waals surface area (Å²) >= 11 is 0. The van der Waals surface area contributed by atoms with E-state index in [1.54, 1.807) is 80.4 Å². The van der Waals surface area contributed by atoms with Crippen LogP contribution in [0.2, 0.25) is 0 Å². The molecule has 3 heterocycles. The molecule has 0 aliphatic carbocycles. The molecule has 0 aliphatic heterocycles. The second kappa shape index (κ2) is 20.5. The number of rotatable bonds is 10. The first-order valence-electron chi connectivity index (χ1n) is 38.5. The summed E-state index contributed by atoms with van der Waals surface area (Å²) in [6.07, 6.45) is 4.72. The second-order valence-corrected chi connectivity index (χ2v) is 22.1. The Kier molecular flexibility index (Phi) is 7.86. The summed E-state index contributed by atoms with van der Waals surface area (Å²) in [5, 5.41) is 1.44. The number of hydrogen-bond acceptors (Lipinski definition) is 2. The number of fused-ring (bicyclic) bond motifs is 4. The van der Waals surface area contributed by atoms with Gasteiger partial charge in [0, 0.05) is 40.9 Å². The number of para-hydroxylation sites is 1. The van der Waals surface area contributed by atoms with Gasteiger partial charge in [-0.05, 0) is 170 Å². The molecule has 0 amide bonds. The fourth-order valence-corrected chi connectivity index (χ4v) is 10.6. The van der Waals surface area contributed by atoms with Gasteiger partial charge >= 0.3 is 0 Å². The largest absolute Gasteiger partial charge is 0.458 e. The Morgan fingerprint density at radius 3 is 1.76 bits per heavy atom. The van der Waals surface area contributed by atoms with Gasteiger partial charge in [-0.2, -0.15) is 0 Å². The molecule has 5 heteroatoms. The number of benzene rings is 10. The van der Waals surface area contributed by atoms with Crippen LogP contribution in [0.1, 0.15) is 102 Å². The van der Waals surface area contributed by atoms with E-state index in [2.05, 4.69) is 12.4 Å². The molecule has 0 unspecified atom stereocenters. The topological polar surface area (TPSA) is 35.9 Å². The molecule has 82 heavy (non-hydrogen) atoms. The van der Waals surface area contributed by atoms with Crippen LogP contribution in [0, 0.1) is 26.9 Å². The van der Waals surface area contributed by atoms with Gasteiger partial charge in [0.1, 0.15) is 17.3 Å². The van der Waals surface area contributed by atoms with E-state index >= 15 is 0 Å². The van der Waals surface area contributed by atoms with Gasteiger partial charge in [0.2, 0.25) is 0 Å². The van der Waals surface area contributed by atoms with Gasteiger partial charge in [-0.25, -0.2) is 4.98 Å². The fraction of sp³-hybridized carbons (Fsp3) is 0.143. The summed E-state index contributed by atoms with van der Waals surface area (Å²) in [7, 11) is 0. The highest BCUT2D eigenvalue weighted by atomic mass is 16.5. The lowest BCUT2D eigenvalue weighted by molar-refractivity contribution is -0.571. The molecule has 10 aromatic carbocycles. The molecule has 3 aromatic heterocycles. The third-order valence-corrected chi connectivity index (χ3v) is 14.7. The molecule has 13 aromatic rings. The molecule has 13 rings (SSSR count). The Bertz CT molecular complexity index is 5720. The summed E-state index contributed by atoms with van der Waals surface area (Å²) in [6, 6.07) is 28.8. The smallest absolute Gasteiger partial charge is 0.269 e. The van der Waals surface area contributed by atoms with E-state index in [4.69, 9.17) is 37.1 Å². The van der Waals surface area contributed by atoms with E-state index in [1.165, 1.54) is 36.5 Å². The lowest BCUT2D eigenvalue weighted by Gasteiger charge is -2.27. The van der Waals surface area contributed by atoms with E-state index in [1.807, 2.05) is 77.9 Å². The number of aromatic nitrogens is 4. The Hall–Kier alpha value is -9.58. The molecule has 0 aliphatic rings. The minimum atomic E-state index is -2.88. The van der Waals surface area contributed by atoms with Crippen LogP contribution in [-0.4, -0.2) is 14.1 Å². The molecule has 0 saturated carbocycles. The van der Waals surface area contributed by atoms with Crippen LogP contribution < -0.4 is 9.30 Å². The van der Waals surface area contributed by atoms with Gasteiger partial charge < -0.3 is 4.74 Å². The van der Waals surface area contributed by atoms with E-state index < -0.39 is 122 Å². The monoisotopic (exact) mass is 1090 g/mol. The highest BCUT2D eigenvalue weighted by Crippen LogP contribution is 2.43. The molecule has 0 fully saturated rings. The average molecular weight is 1090 g/mol. The minimum absolute atomic E-state index is 0.0196. The second-order valence-electron chi connectivity index (χ2n) is 22.1. The van der Waals surface area contributed by atoms with Crippen LogP contribution in [-0.2, 0) is 10.8 Å².